The number of nitrogens with one attached hydrogen (secondary N) is 2. The first kappa shape index (κ1) is 19.4. The maximum absolute atomic E-state index is 13.2. The molecule has 138 valence electrons. The van der Waals surface area contributed by atoms with E-state index in [1.165, 1.54) is 19.1 Å². The molecule has 2 aromatic carbocycles. The Labute approximate surface area is 152 Å². The minimum atomic E-state index is -0.611. The summed E-state index contributed by atoms with van der Waals surface area (Å²) in [6.45, 7) is 5.35. The summed E-state index contributed by atoms with van der Waals surface area (Å²) in [5.74, 6) is -0.501. The molecule has 0 spiro atoms. The number of hydrogen-bond acceptors (Lipinski definition) is 3. The van der Waals surface area contributed by atoms with E-state index < -0.39 is 6.04 Å². The van der Waals surface area contributed by atoms with Crippen LogP contribution in [0.4, 0.5) is 10.1 Å². The fourth-order valence-corrected chi connectivity index (χ4v) is 2.44. The predicted molar refractivity (Wildman–Crippen MR) is 98.2 cm³/mol. The second-order valence-corrected chi connectivity index (χ2v) is 6.36. The van der Waals surface area contributed by atoms with Crippen molar-refractivity contribution in [1.29, 1.82) is 0 Å². The Balaban J connectivity index is 2.01. The van der Waals surface area contributed by atoms with Crippen molar-refractivity contribution in [2.75, 3.05) is 5.32 Å². The number of benzene rings is 2. The van der Waals surface area contributed by atoms with Crippen molar-refractivity contribution in [2.24, 2.45) is 5.92 Å². The van der Waals surface area contributed by atoms with E-state index in [-0.39, 0.29) is 30.2 Å². The molecule has 0 saturated heterocycles. The SMILES string of the molecule is CC(=O)NC(C(=O)Nc1cccc(COc2cccc(F)c2)c1)C(C)C. The van der Waals surface area contributed by atoms with Crippen molar-refractivity contribution in [3.63, 3.8) is 0 Å². The number of carbonyl (C=O) groups is 2. The molecule has 0 aliphatic heterocycles. The molecule has 1 atom stereocenters. The highest BCUT2D eigenvalue weighted by atomic mass is 19.1. The van der Waals surface area contributed by atoms with Crippen LogP contribution in [0.3, 0.4) is 0 Å². The third kappa shape index (κ3) is 5.88. The Morgan fingerprint density at radius 3 is 2.50 bits per heavy atom. The van der Waals surface area contributed by atoms with Gasteiger partial charge in [-0.05, 0) is 35.7 Å². The minimum Gasteiger partial charge on any atom is -0.489 e. The van der Waals surface area contributed by atoms with Gasteiger partial charge in [0.25, 0.3) is 0 Å². The van der Waals surface area contributed by atoms with E-state index in [2.05, 4.69) is 10.6 Å². The van der Waals surface area contributed by atoms with E-state index in [0.717, 1.165) is 5.56 Å². The fraction of sp³-hybridized carbons (Fsp3) is 0.300. The molecule has 1 unspecified atom stereocenters. The standard InChI is InChI=1S/C20H23FN2O3/c1-13(2)19(22-14(3)24)20(25)23-17-8-4-6-15(10-17)12-26-18-9-5-7-16(21)11-18/h4-11,13,19H,12H2,1-3H3,(H,22,24)(H,23,25). The van der Waals surface area contributed by atoms with Crippen LogP contribution in [0.15, 0.2) is 48.5 Å². The summed E-state index contributed by atoms with van der Waals surface area (Å²) in [6.07, 6.45) is 0. The summed E-state index contributed by atoms with van der Waals surface area (Å²) in [5, 5.41) is 5.46. The summed E-state index contributed by atoms with van der Waals surface area (Å²) in [4.78, 5) is 23.7. The van der Waals surface area contributed by atoms with Gasteiger partial charge < -0.3 is 15.4 Å². The van der Waals surface area contributed by atoms with E-state index in [1.54, 1.807) is 30.3 Å². The number of halogens is 1. The molecule has 2 N–H and O–H groups in total. The summed E-state index contributed by atoms with van der Waals surface area (Å²) in [7, 11) is 0. The fourth-order valence-electron chi connectivity index (χ4n) is 2.44. The highest BCUT2D eigenvalue weighted by molar-refractivity contribution is 5.97. The summed E-state index contributed by atoms with van der Waals surface area (Å²) < 4.78 is 18.7. The average molecular weight is 358 g/mol. The second-order valence-electron chi connectivity index (χ2n) is 6.36. The van der Waals surface area contributed by atoms with Gasteiger partial charge in [0.15, 0.2) is 0 Å². The zero-order chi connectivity index (χ0) is 19.1. The molecular formula is C20H23FN2O3. The Morgan fingerprint density at radius 1 is 1.12 bits per heavy atom. The molecule has 0 bridgehead atoms. The first-order valence-corrected chi connectivity index (χ1v) is 8.40. The van der Waals surface area contributed by atoms with E-state index in [1.807, 2.05) is 19.9 Å². The number of carbonyl (C=O) groups excluding carboxylic acids is 2. The Kier molecular flexibility index (Phi) is 6.72. The van der Waals surface area contributed by atoms with Crippen LogP contribution in [0.5, 0.6) is 5.75 Å². The van der Waals surface area contributed by atoms with E-state index in [9.17, 15) is 14.0 Å². The lowest BCUT2D eigenvalue weighted by Gasteiger charge is -2.21. The van der Waals surface area contributed by atoms with Crippen molar-refractivity contribution in [3.8, 4) is 5.75 Å². The number of rotatable bonds is 7. The minimum absolute atomic E-state index is 0.0432. The van der Waals surface area contributed by atoms with Gasteiger partial charge in [-0.2, -0.15) is 0 Å². The van der Waals surface area contributed by atoms with Crippen molar-refractivity contribution < 1.29 is 18.7 Å². The number of amides is 2. The zero-order valence-corrected chi connectivity index (χ0v) is 15.1. The zero-order valence-electron chi connectivity index (χ0n) is 15.1. The Morgan fingerprint density at radius 2 is 1.85 bits per heavy atom. The molecule has 0 aromatic heterocycles. The number of ether oxygens (including phenoxy) is 1. The third-order valence-corrected chi connectivity index (χ3v) is 3.70. The monoisotopic (exact) mass is 358 g/mol. The summed E-state index contributed by atoms with van der Waals surface area (Å²) in [5.41, 5.74) is 1.43. The largest absolute Gasteiger partial charge is 0.489 e. The maximum Gasteiger partial charge on any atom is 0.247 e. The first-order chi connectivity index (χ1) is 12.3. The van der Waals surface area contributed by atoms with Crippen LogP contribution in [0.2, 0.25) is 0 Å². The average Bonchev–Trinajstić information content (AvgIpc) is 2.58. The van der Waals surface area contributed by atoms with Gasteiger partial charge in [-0.25, -0.2) is 4.39 Å². The quantitative estimate of drug-likeness (QED) is 0.796. The van der Waals surface area contributed by atoms with Crippen molar-refractivity contribution in [1.82, 2.24) is 5.32 Å². The van der Waals surface area contributed by atoms with Crippen LogP contribution in [-0.4, -0.2) is 17.9 Å². The van der Waals surface area contributed by atoms with E-state index in [4.69, 9.17) is 4.74 Å². The molecule has 0 aliphatic rings. The molecule has 6 heteroatoms. The predicted octanol–water partition coefficient (Wildman–Crippen LogP) is 3.50. The van der Waals surface area contributed by atoms with Gasteiger partial charge in [0.1, 0.15) is 24.2 Å². The van der Waals surface area contributed by atoms with Crippen LogP contribution >= 0.6 is 0 Å². The molecule has 2 rings (SSSR count). The van der Waals surface area contributed by atoms with Crippen LogP contribution in [-0.2, 0) is 16.2 Å². The van der Waals surface area contributed by atoms with E-state index >= 15 is 0 Å². The second kappa shape index (κ2) is 8.99. The van der Waals surface area contributed by atoms with Crippen LogP contribution in [0, 0.1) is 11.7 Å². The third-order valence-electron chi connectivity index (χ3n) is 3.70. The number of hydrogen-bond donors (Lipinski definition) is 2. The van der Waals surface area contributed by atoms with Crippen molar-refractivity contribution in [3.05, 3.63) is 59.9 Å². The smallest absolute Gasteiger partial charge is 0.247 e. The topological polar surface area (TPSA) is 67.4 Å². The van der Waals surface area contributed by atoms with Gasteiger partial charge >= 0.3 is 0 Å². The Bertz CT molecular complexity index is 777. The molecule has 2 amide bonds. The number of anilines is 1. The van der Waals surface area contributed by atoms with Crippen LogP contribution in [0.1, 0.15) is 26.3 Å². The Hall–Kier alpha value is -2.89. The normalized spacial score (nSPS) is 11.7. The lowest BCUT2D eigenvalue weighted by Crippen LogP contribution is -2.46. The van der Waals surface area contributed by atoms with Gasteiger partial charge in [-0.1, -0.05) is 32.0 Å². The molecule has 2 aromatic rings. The highest BCUT2D eigenvalue weighted by Crippen LogP contribution is 2.17. The molecule has 5 nitrogen and oxygen atoms in total. The van der Waals surface area contributed by atoms with Crippen LogP contribution in [0.25, 0.3) is 0 Å². The molecule has 0 aliphatic carbocycles. The van der Waals surface area contributed by atoms with Gasteiger partial charge in [-0.15, -0.1) is 0 Å². The van der Waals surface area contributed by atoms with Gasteiger partial charge in [0, 0.05) is 18.7 Å². The molecule has 26 heavy (non-hydrogen) atoms. The molecular weight excluding hydrogens is 335 g/mol. The van der Waals surface area contributed by atoms with Crippen LogP contribution < -0.4 is 15.4 Å². The van der Waals surface area contributed by atoms with Gasteiger partial charge in [-0.3, -0.25) is 9.59 Å². The first-order valence-electron chi connectivity index (χ1n) is 8.40. The lowest BCUT2D eigenvalue weighted by atomic mass is 10.0. The molecule has 0 heterocycles. The lowest BCUT2D eigenvalue weighted by molar-refractivity contribution is -0.126. The van der Waals surface area contributed by atoms with Crippen molar-refractivity contribution in [2.45, 2.75) is 33.4 Å². The van der Waals surface area contributed by atoms with Gasteiger partial charge in [0.2, 0.25) is 11.8 Å². The van der Waals surface area contributed by atoms with E-state index in [0.29, 0.717) is 11.4 Å². The molecule has 0 radical (unpaired) electrons. The maximum atomic E-state index is 13.2. The van der Waals surface area contributed by atoms with Crippen molar-refractivity contribution >= 4 is 17.5 Å². The summed E-state index contributed by atoms with van der Waals surface area (Å²) in [6, 6.07) is 12.5. The highest BCUT2D eigenvalue weighted by Gasteiger charge is 2.23. The van der Waals surface area contributed by atoms with Gasteiger partial charge in [0.05, 0.1) is 0 Å². The summed E-state index contributed by atoms with van der Waals surface area (Å²) >= 11 is 0. The molecule has 0 fully saturated rings. The molecule has 0 saturated carbocycles.